The number of thioether (sulfide) groups is 1. The SMILES string of the molecule is CO[C@@]1(NC(=O)C(C(=O)O)c2ccc(O)cc2)C(=O)N2C(C(=O)OC(CC(=O)O)C[N+](C)(C)C)=C(CSc3nnnn3C)CO[C@@H]21. The summed E-state index contributed by atoms with van der Waals surface area (Å²) in [6.07, 6.45) is -2.99. The molecule has 0 aliphatic carbocycles. The Morgan fingerprint density at radius 1 is 1.20 bits per heavy atom. The van der Waals surface area contributed by atoms with Gasteiger partial charge in [-0.3, -0.25) is 24.1 Å². The summed E-state index contributed by atoms with van der Waals surface area (Å²) in [7, 11) is 8.09. The van der Waals surface area contributed by atoms with Crippen LogP contribution in [0.4, 0.5) is 0 Å². The fourth-order valence-corrected chi connectivity index (χ4v) is 5.86. The quantitative estimate of drug-likeness (QED) is 0.0468. The Morgan fingerprint density at radius 2 is 1.87 bits per heavy atom. The molecule has 2 aliphatic heterocycles. The normalized spacial score (nSPS) is 20.8. The number of rotatable bonds is 14. The van der Waals surface area contributed by atoms with Crippen molar-refractivity contribution in [3.05, 3.63) is 41.1 Å². The van der Waals surface area contributed by atoms with Gasteiger partial charge >= 0.3 is 17.9 Å². The van der Waals surface area contributed by atoms with E-state index in [9.17, 15) is 39.3 Å². The van der Waals surface area contributed by atoms with E-state index in [1.165, 1.54) is 28.9 Å². The van der Waals surface area contributed by atoms with E-state index in [2.05, 4.69) is 20.8 Å². The summed E-state index contributed by atoms with van der Waals surface area (Å²) in [5.74, 6) is -7.70. The van der Waals surface area contributed by atoms with Crippen molar-refractivity contribution >= 4 is 41.5 Å². The molecule has 2 aromatic rings. The molecule has 1 fully saturated rings. The highest BCUT2D eigenvalue weighted by atomic mass is 32.2. The summed E-state index contributed by atoms with van der Waals surface area (Å²) in [5.41, 5.74) is -2.16. The van der Waals surface area contributed by atoms with Crippen molar-refractivity contribution in [2.24, 2.45) is 7.05 Å². The minimum absolute atomic E-state index is 0.0192. The first-order valence-corrected chi connectivity index (χ1v) is 14.7. The highest BCUT2D eigenvalue weighted by Crippen LogP contribution is 2.42. The minimum Gasteiger partial charge on any atom is -0.508 e. The third kappa shape index (κ3) is 7.11. The van der Waals surface area contributed by atoms with Crippen molar-refractivity contribution in [3.63, 3.8) is 0 Å². The predicted octanol–water partition coefficient (Wildman–Crippen LogP) is -1.12. The van der Waals surface area contributed by atoms with Crippen LogP contribution in [0, 0.1) is 0 Å². The lowest BCUT2D eigenvalue weighted by Gasteiger charge is -2.55. The van der Waals surface area contributed by atoms with Crippen LogP contribution in [0.3, 0.4) is 0 Å². The summed E-state index contributed by atoms with van der Waals surface area (Å²) in [6.45, 7) is -0.114. The van der Waals surface area contributed by atoms with Gasteiger partial charge in [0.2, 0.25) is 11.1 Å². The number of amides is 2. The number of aromatic hydroxyl groups is 1. The molecule has 3 heterocycles. The maximum atomic E-state index is 13.8. The molecular weight excluding hydrogens is 630 g/mol. The van der Waals surface area contributed by atoms with Crippen LogP contribution in [0.5, 0.6) is 5.75 Å². The Kier molecular flexibility index (Phi) is 10.00. The van der Waals surface area contributed by atoms with Gasteiger partial charge in [-0.1, -0.05) is 23.9 Å². The molecule has 1 saturated heterocycles. The van der Waals surface area contributed by atoms with E-state index in [0.29, 0.717) is 5.16 Å². The van der Waals surface area contributed by atoms with Crippen LogP contribution in [0.2, 0.25) is 0 Å². The average Bonchev–Trinajstić information content (AvgIpc) is 3.38. The number of likely N-dealkylation sites (N-methyl/N-ethyl adjacent to an activating group) is 1. The second-order valence-corrected chi connectivity index (χ2v) is 12.5. The number of β-lactam (4-membered cyclic amide) rings is 1. The number of fused-ring (bicyclic) bond motifs is 1. The molecule has 4 rings (SSSR count). The van der Waals surface area contributed by atoms with Gasteiger partial charge in [0.15, 0.2) is 18.2 Å². The monoisotopic (exact) mass is 664 g/mol. The molecule has 18 nitrogen and oxygen atoms in total. The number of phenolic OH excluding ortho intramolecular Hbond substituents is 1. The van der Waals surface area contributed by atoms with Crippen molar-refractivity contribution in [2.75, 3.05) is 47.2 Å². The topological polar surface area (TPSA) is 233 Å². The number of phenols is 1. The Morgan fingerprint density at radius 3 is 2.41 bits per heavy atom. The molecule has 19 heteroatoms. The molecule has 0 spiro atoms. The van der Waals surface area contributed by atoms with E-state index in [-0.39, 0.29) is 46.0 Å². The van der Waals surface area contributed by atoms with E-state index >= 15 is 0 Å². The lowest BCUT2D eigenvalue weighted by atomic mass is 9.92. The Bertz CT molecular complexity index is 1560. The van der Waals surface area contributed by atoms with Crippen molar-refractivity contribution in [3.8, 4) is 5.75 Å². The average molecular weight is 665 g/mol. The zero-order valence-electron chi connectivity index (χ0n) is 25.6. The molecule has 2 aliphatic rings. The number of carbonyl (C=O) groups is 5. The van der Waals surface area contributed by atoms with E-state index < -0.39 is 60.1 Å². The third-order valence-corrected chi connectivity index (χ3v) is 8.15. The number of esters is 1. The number of benzene rings is 1. The number of hydrogen-bond acceptors (Lipinski definition) is 13. The number of quaternary nitrogens is 1. The van der Waals surface area contributed by atoms with Gasteiger partial charge in [0.25, 0.3) is 11.6 Å². The first-order chi connectivity index (χ1) is 21.6. The summed E-state index contributed by atoms with van der Waals surface area (Å²) >= 11 is 1.13. The zero-order chi connectivity index (χ0) is 34.0. The van der Waals surface area contributed by atoms with Crippen LogP contribution < -0.4 is 5.32 Å². The number of aliphatic carboxylic acids is 2. The van der Waals surface area contributed by atoms with Crippen LogP contribution in [-0.2, 0) is 45.2 Å². The number of nitrogens with one attached hydrogen (secondary N) is 1. The summed E-state index contributed by atoms with van der Waals surface area (Å²) < 4.78 is 18.7. The molecule has 0 radical (unpaired) electrons. The van der Waals surface area contributed by atoms with E-state index in [4.69, 9.17) is 14.2 Å². The van der Waals surface area contributed by atoms with Gasteiger partial charge in [0, 0.05) is 19.9 Å². The number of nitrogens with zero attached hydrogens (tertiary/aromatic N) is 6. The number of carboxylic acids is 2. The lowest BCUT2D eigenvalue weighted by Crippen LogP contribution is -2.83. The van der Waals surface area contributed by atoms with Gasteiger partial charge in [-0.15, -0.1) is 5.10 Å². The summed E-state index contributed by atoms with van der Waals surface area (Å²) in [4.78, 5) is 65.6. The standard InChI is InChI=1S/C27H33N7O11S/c1-32-26(29-30-31-32)46-13-15-12-44-25-27(43-5,28-21(38)19(22(39)40)14-6-8-16(35)9-7-14)24(42)33(25)20(15)23(41)45-17(10-18(36)37)11-34(2,3)4/h6-9,17,19,25H,10-13H2,1-5H3,(H3-,28,35,36,37,38,39,40)/p+1/t17?,19?,25-,27+/m1/s1. The Hall–Kier alpha value is -4.59. The molecule has 0 bridgehead atoms. The Labute approximate surface area is 266 Å². The second kappa shape index (κ2) is 13.4. The van der Waals surface area contributed by atoms with Crippen molar-refractivity contribution in [2.45, 2.75) is 35.6 Å². The maximum absolute atomic E-state index is 13.8. The van der Waals surface area contributed by atoms with Crippen molar-refractivity contribution in [1.82, 2.24) is 30.4 Å². The minimum atomic E-state index is -2.22. The Balaban J connectivity index is 1.66. The van der Waals surface area contributed by atoms with Gasteiger partial charge in [0.1, 0.15) is 18.0 Å². The van der Waals surface area contributed by atoms with Crippen LogP contribution in [0.1, 0.15) is 17.9 Å². The molecule has 4 atom stereocenters. The van der Waals surface area contributed by atoms with Crippen LogP contribution in [0.15, 0.2) is 40.7 Å². The number of methoxy groups -OCH3 is 1. The first-order valence-electron chi connectivity index (χ1n) is 13.7. The number of tetrazole rings is 1. The van der Waals surface area contributed by atoms with Crippen molar-refractivity contribution in [1.29, 1.82) is 0 Å². The highest BCUT2D eigenvalue weighted by molar-refractivity contribution is 7.99. The molecule has 1 aromatic heterocycles. The molecular formula is C27H34N7O11S+. The van der Waals surface area contributed by atoms with Gasteiger partial charge in [-0.2, -0.15) is 0 Å². The number of aryl methyl sites for hydroxylation is 1. The van der Waals surface area contributed by atoms with Crippen molar-refractivity contribution < 1.29 is 58.0 Å². The number of hydrogen-bond donors (Lipinski definition) is 4. The fraction of sp³-hybridized carbons (Fsp3) is 0.481. The van der Waals surface area contributed by atoms with Crippen LogP contribution in [-0.4, -0.2) is 140 Å². The predicted molar refractivity (Wildman–Crippen MR) is 155 cm³/mol. The first kappa shape index (κ1) is 34.3. The van der Waals surface area contributed by atoms with Gasteiger partial charge in [-0.05, 0) is 33.7 Å². The second-order valence-electron chi connectivity index (χ2n) is 11.6. The van der Waals surface area contributed by atoms with Gasteiger partial charge in [0.05, 0.1) is 34.2 Å². The molecule has 1 aromatic carbocycles. The summed E-state index contributed by atoms with van der Waals surface area (Å²) in [6, 6.07) is 4.91. The molecule has 248 valence electrons. The molecule has 4 N–H and O–H groups in total. The van der Waals surface area contributed by atoms with Gasteiger partial charge < -0.3 is 39.3 Å². The third-order valence-electron chi connectivity index (χ3n) is 7.05. The molecule has 0 saturated carbocycles. The molecule has 2 amide bonds. The van der Waals surface area contributed by atoms with Crippen LogP contribution in [0.25, 0.3) is 0 Å². The number of aromatic nitrogens is 4. The highest BCUT2D eigenvalue weighted by Gasteiger charge is 2.68. The van der Waals surface area contributed by atoms with Gasteiger partial charge in [-0.25, -0.2) is 9.48 Å². The van der Waals surface area contributed by atoms with E-state index in [1.54, 1.807) is 28.2 Å². The number of carbonyl (C=O) groups excluding carboxylic acids is 3. The smallest absolute Gasteiger partial charge is 0.355 e. The molecule has 2 unspecified atom stereocenters. The van der Waals surface area contributed by atoms with E-state index in [1.807, 2.05) is 0 Å². The molecule has 46 heavy (non-hydrogen) atoms. The number of carboxylic acid groups (broad SMARTS) is 2. The van der Waals surface area contributed by atoms with E-state index in [0.717, 1.165) is 23.8 Å². The van der Waals surface area contributed by atoms with Crippen LogP contribution >= 0.6 is 11.8 Å². The summed E-state index contributed by atoms with van der Waals surface area (Å²) in [5, 5.41) is 42.8. The maximum Gasteiger partial charge on any atom is 0.355 e. The zero-order valence-corrected chi connectivity index (χ0v) is 26.4. The lowest BCUT2D eigenvalue weighted by molar-refractivity contribution is -0.873. The number of ether oxygens (including phenoxy) is 3. The fourth-order valence-electron chi connectivity index (χ4n) is 5.02. The largest absolute Gasteiger partial charge is 0.508 e.